The van der Waals surface area contributed by atoms with Gasteiger partial charge in [0.25, 0.3) is 0 Å². The molecule has 2 N–H and O–H groups in total. The van der Waals surface area contributed by atoms with Gasteiger partial charge < -0.3 is 14.9 Å². The van der Waals surface area contributed by atoms with E-state index in [-0.39, 0.29) is 17.8 Å². The molecule has 0 spiro atoms. The van der Waals surface area contributed by atoms with Crippen LogP contribution >= 0.6 is 0 Å². The number of carbonyl (C=O) groups is 1. The number of carbonyl (C=O) groups excluding carboxylic acids is 1. The predicted octanol–water partition coefficient (Wildman–Crippen LogP) is 1.41. The monoisotopic (exact) mass is 266 g/mol. The average molecular weight is 266 g/mol. The van der Waals surface area contributed by atoms with Gasteiger partial charge in [-0.1, -0.05) is 20.4 Å². The molecular formula is C15H22O4. The van der Waals surface area contributed by atoms with E-state index in [2.05, 4.69) is 6.58 Å². The van der Waals surface area contributed by atoms with Crippen LogP contribution in [0.2, 0.25) is 0 Å². The summed E-state index contributed by atoms with van der Waals surface area (Å²) in [6.07, 6.45) is 1.60. The second-order valence-corrected chi connectivity index (χ2v) is 6.69. The van der Waals surface area contributed by atoms with Gasteiger partial charge in [-0.05, 0) is 31.3 Å². The normalized spacial score (nSPS) is 53.5. The quantitative estimate of drug-likeness (QED) is 0.514. The fourth-order valence-electron chi connectivity index (χ4n) is 4.38. The second kappa shape index (κ2) is 3.83. The molecule has 0 bridgehead atoms. The van der Waals surface area contributed by atoms with Crippen LogP contribution in [-0.2, 0) is 9.53 Å². The molecule has 4 heteroatoms. The zero-order valence-corrected chi connectivity index (χ0v) is 11.6. The molecule has 2 saturated carbocycles. The van der Waals surface area contributed by atoms with Crippen LogP contribution in [0.3, 0.4) is 0 Å². The number of rotatable bonds is 0. The molecule has 3 aliphatic rings. The Labute approximate surface area is 113 Å². The first-order chi connectivity index (χ1) is 8.82. The molecule has 3 fully saturated rings. The molecule has 4 nitrogen and oxygen atoms in total. The number of aliphatic hydroxyl groups is 2. The molecule has 0 unspecified atom stereocenters. The van der Waals surface area contributed by atoms with Gasteiger partial charge in [-0.25, -0.2) is 0 Å². The Balaban J connectivity index is 2.08. The van der Waals surface area contributed by atoms with Gasteiger partial charge in [-0.15, -0.1) is 0 Å². The van der Waals surface area contributed by atoms with Gasteiger partial charge in [0.05, 0.1) is 12.0 Å². The van der Waals surface area contributed by atoms with Crippen molar-refractivity contribution in [2.75, 3.05) is 0 Å². The number of ether oxygens (including phenoxy) is 1. The highest BCUT2D eigenvalue weighted by Gasteiger charge is 2.67. The van der Waals surface area contributed by atoms with Crippen molar-refractivity contribution < 1.29 is 19.7 Å². The van der Waals surface area contributed by atoms with Crippen molar-refractivity contribution in [2.45, 2.75) is 57.3 Å². The molecule has 1 heterocycles. The lowest BCUT2D eigenvalue weighted by Gasteiger charge is -2.58. The van der Waals surface area contributed by atoms with E-state index < -0.39 is 23.2 Å². The number of esters is 1. The lowest BCUT2D eigenvalue weighted by atomic mass is 9.51. The van der Waals surface area contributed by atoms with E-state index in [1.54, 1.807) is 0 Å². The zero-order chi connectivity index (χ0) is 14.0. The van der Waals surface area contributed by atoms with E-state index >= 15 is 0 Å². The van der Waals surface area contributed by atoms with Gasteiger partial charge in [0.15, 0.2) is 0 Å². The molecule has 0 amide bonds. The number of hydrogen-bond acceptors (Lipinski definition) is 4. The SMILES string of the molecule is C=C1CC[C@@H](O)[C@@]2(C)CC[C@@H]3[C@H](C)C(=O)O[C@H]3[C@@]12O. The predicted molar refractivity (Wildman–Crippen MR) is 69.2 cm³/mol. The Morgan fingerprint density at radius 3 is 2.79 bits per heavy atom. The molecule has 3 rings (SSSR count). The molecule has 0 aromatic carbocycles. The van der Waals surface area contributed by atoms with Crippen LogP contribution in [0.5, 0.6) is 0 Å². The standard InChI is InChI=1S/C15H22O4/c1-8-4-5-11(16)14(3)7-6-10-9(2)13(17)19-12(10)15(8,14)18/h9-12,16,18H,1,4-7H2,2-3H3/t9-,10+,11+,12+,14+,15-/m0/s1. The molecular weight excluding hydrogens is 244 g/mol. The molecule has 2 aliphatic carbocycles. The minimum Gasteiger partial charge on any atom is -0.458 e. The van der Waals surface area contributed by atoms with Gasteiger partial charge in [0.2, 0.25) is 0 Å². The maximum atomic E-state index is 11.8. The van der Waals surface area contributed by atoms with E-state index in [4.69, 9.17) is 4.74 Å². The van der Waals surface area contributed by atoms with Crippen LogP contribution in [0, 0.1) is 17.3 Å². The minimum atomic E-state index is -1.28. The van der Waals surface area contributed by atoms with Gasteiger partial charge in [-0.2, -0.15) is 0 Å². The largest absolute Gasteiger partial charge is 0.458 e. The average Bonchev–Trinajstić information content (AvgIpc) is 2.66. The molecule has 0 radical (unpaired) electrons. The van der Waals surface area contributed by atoms with E-state index in [1.807, 2.05) is 13.8 Å². The Kier molecular flexibility index (Phi) is 2.64. The van der Waals surface area contributed by atoms with Gasteiger partial charge in [0.1, 0.15) is 11.7 Å². The Hall–Kier alpha value is -0.870. The highest BCUT2D eigenvalue weighted by molar-refractivity contribution is 5.75. The zero-order valence-electron chi connectivity index (χ0n) is 11.6. The molecule has 1 aliphatic heterocycles. The first kappa shape index (κ1) is 13.1. The van der Waals surface area contributed by atoms with Crippen molar-refractivity contribution in [1.29, 1.82) is 0 Å². The van der Waals surface area contributed by atoms with Crippen LogP contribution in [0.25, 0.3) is 0 Å². The van der Waals surface area contributed by atoms with Crippen molar-refractivity contribution in [3.8, 4) is 0 Å². The van der Waals surface area contributed by atoms with Crippen molar-refractivity contribution in [2.24, 2.45) is 17.3 Å². The van der Waals surface area contributed by atoms with Gasteiger partial charge in [-0.3, -0.25) is 4.79 Å². The summed E-state index contributed by atoms with van der Waals surface area (Å²) in [5.41, 5.74) is -1.24. The summed E-state index contributed by atoms with van der Waals surface area (Å²) in [7, 11) is 0. The lowest BCUT2D eigenvalue weighted by molar-refractivity contribution is -0.216. The lowest BCUT2D eigenvalue weighted by Crippen LogP contribution is -2.67. The van der Waals surface area contributed by atoms with Crippen LogP contribution < -0.4 is 0 Å². The van der Waals surface area contributed by atoms with E-state index in [9.17, 15) is 15.0 Å². The summed E-state index contributed by atoms with van der Waals surface area (Å²) in [5, 5.41) is 21.6. The smallest absolute Gasteiger partial charge is 0.309 e. The number of fused-ring (bicyclic) bond motifs is 3. The van der Waals surface area contributed by atoms with Gasteiger partial charge in [0, 0.05) is 11.3 Å². The number of hydrogen-bond donors (Lipinski definition) is 2. The van der Waals surface area contributed by atoms with E-state index in [1.165, 1.54) is 0 Å². The van der Waals surface area contributed by atoms with Crippen molar-refractivity contribution in [3.63, 3.8) is 0 Å². The Bertz CT molecular complexity index is 445. The van der Waals surface area contributed by atoms with Crippen LogP contribution in [0.1, 0.15) is 39.5 Å². The van der Waals surface area contributed by atoms with Gasteiger partial charge >= 0.3 is 5.97 Å². The first-order valence-electron chi connectivity index (χ1n) is 7.11. The maximum Gasteiger partial charge on any atom is 0.309 e. The molecule has 6 atom stereocenters. The molecule has 19 heavy (non-hydrogen) atoms. The fraction of sp³-hybridized carbons (Fsp3) is 0.800. The van der Waals surface area contributed by atoms with E-state index in [0.717, 1.165) is 6.42 Å². The summed E-state index contributed by atoms with van der Waals surface area (Å²) in [5.74, 6) is -0.376. The summed E-state index contributed by atoms with van der Waals surface area (Å²) in [6.45, 7) is 7.77. The summed E-state index contributed by atoms with van der Waals surface area (Å²) >= 11 is 0. The third-order valence-electron chi connectivity index (χ3n) is 5.92. The third kappa shape index (κ3) is 1.39. The van der Waals surface area contributed by atoms with Crippen molar-refractivity contribution >= 4 is 5.97 Å². The molecule has 0 aromatic heterocycles. The Morgan fingerprint density at radius 2 is 2.11 bits per heavy atom. The molecule has 106 valence electrons. The van der Waals surface area contributed by atoms with E-state index in [0.29, 0.717) is 24.8 Å². The van der Waals surface area contributed by atoms with Crippen LogP contribution in [-0.4, -0.2) is 34.0 Å². The number of aliphatic hydroxyl groups excluding tert-OH is 1. The second-order valence-electron chi connectivity index (χ2n) is 6.69. The summed E-state index contributed by atoms with van der Waals surface area (Å²) in [4.78, 5) is 11.8. The highest BCUT2D eigenvalue weighted by atomic mass is 16.6. The minimum absolute atomic E-state index is 0.0348. The summed E-state index contributed by atoms with van der Waals surface area (Å²) in [6, 6.07) is 0. The topological polar surface area (TPSA) is 66.8 Å². The highest BCUT2D eigenvalue weighted by Crippen LogP contribution is 2.59. The van der Waals surface area contributed by atoms with Crippen LogP contribution in [0.4, 0.5) is 0 Å². The third-order valence-corrected chi connectivity index (χ3v) is 5.92. The maximum absolute atomic E-state index is 11.8. The first-order valence-corrected chi connectivity index (χ1v) is 7.11. The summed E-state index contributed by atoms with van der Waals surface area (Å²) < 4.78 is 5.47. The van der Waals surface area contributed by atoms with Crippen molar-refractivity contribution in [3.05, 3.63) is 12.2 Å². The van der Waals surface area contributed by atoms with Crippen molar-refractivity contribution in [1.82, 2.24) is 0 Å². The van der Waals surface area contributed by atoms with Crippen LogP contribution in [0.15, 0.2) is 12.2 Å². The Morgan fingerprint density at radius 1 is 1.42 bits per heavy atom. The molecule has 1 saturated heterocycles. The fourth-order valence-corrected chi connectivity index (χ4v) is 4.38. The molecule has 0 aromatic rings.